The highest BCUT2D eigenvalue weighted by Crippen LogP contribution is 2.22. The lowest BCUT2D eigenvalue weighted by Gasteiger charge is -2.16. The molecule has 0 bridgehead atoms. The maximum absolute atomic E-state index is 6.11. The van der Waals surface area contributed by atoms with Crippen molar-refractivity contribution in [1.82, 2.24) is 4.98 Å². The predicted octanol–water partition coefficient (Wildman–Crippen LogP) is 2.89. The van der Waals surface area contributed by atoms with Crippen LogP contribution in [0.4, 0.5) is 0 Å². The van der Waals surface area contributed by atoms with Crippen LogP contribution in [0, 0.1) is 5.92 Å². The van der Waals surface area contributed by atoms with Crippen LogP contribution in [0.2, 0.25) is 0 Å². The van der Waals surface area contributed by atoms with Crippen LogP contribution in [0.3, 0.4) is 0 Å². The highest BCUT2D eigenvalue weighted by molar-refractivity contribution is 5.79. The van der Waals surface area contributed by atoms with Gasteiger partial charge in [-0.05, 0) is 29.7 Å². The first-order chi connectivity index (χ1) is 7.18. The number of hydrogen-bond donors (Lipinski definition) is 1. The minimum absolute atomic E-state index is 0.106. The first-order valence-corrected chi connectivity index (χ1v) is 5.29. The first kappa shape index (κ1) is 10.1. The van der Waals surface area contributed by atoms with Crippen molar-refractivity contribution in [2.45, 2.75) is 19.9 Å². The highest BCUT2D eigenvalue weighted by atomic mass is 14.7. The molecular formula is C13H16N2. The van der Waals surface area contributed by atoms with Gasteiger partial charge in [-0.3, -0.25) is 4.98 Å². The number of nitrogens with zero attached hydrogens (tertiary/aromatic N) is 1. The maximum Gasteiger partial charge on any atom is 0.0702 e. The number of benzene rings is 1. The number of aromatic nitrogens is 1. The van der Waals surface area contributed by atoms with Gasteiger partial charge in [0.05, 0.1) is 5.52 Å². The van der Waals surface area contributed by atoms with Crippen LogP contribution in [-0.2, 0) is 0 Å². The third-order valence-electron chi connectivity index (χ3n) is 2.73. The van der Waals surface area contributed by atoms with E-state index in [0.717, 1.165) is 10.9 Å². The topological polar surface area (TPSA) is 38.9 Å². The summed E-state index contributed by atoms with van der Waals surface area (Å²) in [4.78, 5) is 4.29. The number of rotatable bonds is 2. The Bertz CT molecular complexity index is 463. The van der Waals surface area contributed by atoms with E-state index < -0.39 is 0 Å². The Morgan fingerprint density at radius 2 is 2.00 bits per heavy atom. The Balaban J connectivity index is 2.47. The van der Waals surface area contributed by atoms with E-state index in [-0.39, 0.29) is 6.04 Å². The molecule has 1 aromatic carbocycles. The molecule has 1 unspecified atom stereocenters. The molecule has 2 nitrogen and oxygen atoms in total. The maximum atomic E-state index is 6.11. The van der Waals surface area contributed by atoms with E-state index >= 15 is 0 Å². The van der Waals surface area contributed by atoms with Gasteiger partial charge in [0.1, 0.15) is 0 Å². The minimum atomic E-state index is 0.106. The van der Waals surface area contributed by atoms with Crippen molar-refractivity contribution in [1.29, 1.82) is 0 Å². The lowest BCUT2D eigenvalue weighted by Crippen LogP contribution is -2.16. The molecule has 0 aliphatic rings. The Morgan fingerprint density at radius 3 is 2.73 bits per heavy atom. The molecule has 15 heavy (non-hydrogen) atoms. The van der Waals surface area contributed by atoms with Crippen LogP contribution in [0.5, 0.6) is 0 Å². The smallest absolute Gasteiger partial charge is 0.0702 e. The van der Waals surface area contributed by atoms with Crippen LogP contribution >= 0.6 is 0 Å². The summed E-state index contributed by atoms with van der Waals surface area (Å²) in [5, 5.41) is 1.16. The van der Waals surface area contributed by atoms with Crippen molar-refractivity contribution < 1.29 is 0 Å². The molecule has 1 heterocycles. The second-order valence-corrected chi connectivity index (χ2v) is 4.23. The van der Waals surface area contributed by atoms with Crippen molar-refractivity contribution in [2.24, 2.45) is 11.7 Å². The molecule has 0 spiro atoms. The van der Waals surface area contributed by atoms with Crippen molar-refractivity contribution in [2.75, 3.05) is 0 Å². The normalized spacial score (nSPS) is 13.3. The summed E-state index contributed by atoms with van der Waals surface area (Å²) in [6.07, 6.45) is 1.81. The Morgan fingerprint density at radius 1 is 1.20 bits per heavy atom. The predicted molar refractivity (Wildman–Crippen MR) is 63.5 cm³/mol. The van der Waals surface area contributed by atoms with E-state index in [4.69, 9.17) is 5.73 Å². The van der Waals surface area contributed by atoms with E-state index in [1.165, 1.54) is 5.56 Å². The van der Waals surface area contributed by atoms with Gasteiger partial charge in [-0.2, -0.15) is 0 Å². The SMILES string of the molecule is CC(C)C(N)c1ccc2ncccc2c1. The fraction of sp³-hybridized carbons (Fsp3) is 0.308. The van der Waals surface area contributed by atoms with Crippen molar-refractivity contribution in [3.8, 4) is 0 Å². The van der Waals surface area contributed by atoms with E-state index in [1.54, 1.807) is 0 Å². The molecule has 2 aromatic rings. The van der Waals surface area contributed by atoms with Crippen LogP contribution < -0.4 is 5.73 Å². The molecule has 2 N–H and O–H groups in total. The van der Waals surface area contributed by atoms with Gasteiger partial charge in [-0.1, -0.05) is 26.0 Å². The summed E-state index contributed by atoms with van der Waals surface area (Å²) in [5.74, 6) is 0.458. The molecule has 0 radical (unpaired) electrons. The van der Waals surface area contributed by atoms with Gasteiger partial charge < -0.3 is 5.73 Å². The van der Waals surface area contributed by atoms with Crippen molar-refractivity contribution >= 4 is 10.9 Å². The highest BCUT2D eigenvalue weighted by Gasteiger charge is 2.10. The zero-order valence-electron chi connectivity index (χ0n) is 9.14. The Kier molecular flexibility index (Phi) is 2.69. The summed E-state index contributed by atoms with van der Waals surface area (Å²) in [7, 11) is 0. The molecule has 0 aliphatic carbocycles. The monoisotopic (exact) mass is 200 g/mol. The van der Waals surface area contributed by atoms with Gasteiger partial charge >= 0.3 is 0 Å². The minimum Gasteiger partial charge on any atom is -0.324 e. The quantitative estimate of drug-likeness (QED) is 0.809. The third kappa shape index (κ3) is 2.00. The Labute approximate surface area is 90.1 Å². The fourth-order valence-electron chi connectivity index (χ4n) is 1.69. The molecule has 0 saturated heterocycles. The standard InChI is InChI=1S/C13H16N2/c1-9(2)13(14)11-5-6-12-10(8-11)4-3-7-15-12/h3-9,13H,14H2,1-2H3. The van der Waals surface area contributed by atoms with E-state index in [9.17, 15) is 0 Å². The summed E-state index contributed by atoms with van der Waals surface area (Å²) in [6.45, 7) is 4.27. The fourth-order valence-corrected chi connectivity index (χ4v) is 1.69. The Hall–Kier alpha value is -1.41. The van der Waals surface area contributed by atoms with Gasteiger partial charge in [0, 0.05) is 17.6 Å². The van der Waals surface area contributed by atoms with Crippen LogP contribution in [-0.4, -0.2) is 4.98 Å². The molecular weight excluding hydrogens is 184 g/mol. The van der Waals surface area contributed by atoms with Crippen LogP contribution in [0.15, 0.2) is 36.5 Å². The molecule has 1 aromatic heterocycles. The lowest BCUT2D eigenvalue weighted by atomic mass is 9.96. The second kappa shape index (κ2) is 3.99. The third-order valence-corrected chi connectivity index (χ3v) is 2.73. The lowest BCUT2D eigenvalue weighted by molar-refractivity contribution is 0.514. The number of hydrogen-bond acceptors (Lipinski definition) is 2. The number of fused-ring (bicyclic) bond motifs is 1. The van der Waals surface area contributed by atoms with E-state index in [2.05, 4.69) is 37.0 Å². The van der Waals surface area contributed by atoms with Gasteiger partial charge in [0.25, 0.3) is 0 Å². The molecule has 2 rings (SSSR count). The second-order valence-electron chi connectivity index (χ2n) is 4.23. The summed E-state index contributed by atoms with van der Waals surface area (Å²) in [5.41, 5.74) is 8.32. The first-order valence-electron chi connectivity index (χ1n) is 5.29. The van der Waals surface area contributed by atoms with E-state index in [0.29, 0.717) is 5.92 Å². The zero-order chi connectivity index (χ0) is 10.8. The van der Waals surface area contributed by atoms with E-state index in [1.807, 2.05) is 18.3 Å². The molecule has 0 amide bonds. The summed E-state index contributed by atoms with van der Waals surface area (Å²) in [6, 6.07) is 10.4. The van der Waals surface area contributed by atoms with Gasteiger partial charge in [-0.25, -0.2) is 0 Å². The number of nitrogens with two attached hydrogens (primary N) is 1. The van der Waals surface area contributed by atoms with Gasteiger partial charge in [0.15, 0.2) is 0 Å². The summed E-state index contributed by atoms with van der Waals surface area (Å²) >= 11 is 0. The van der Waals surface area contributed by atoms with Crippen LogP contribution in [0.1, 0.15) is 25.5 Å². The largest absolute Gasteiger partial charge is 0.324 e. The molecule has 0 saturated carbocycles. The molecule has 2 heteroatoms. The van der Waals surface area contributed by atoms with Gasteiger partial charge in [-0.15, -0.1) is 0 Å². The summed E-state index contributed by atoms with van der Waals surface area (Å²) < 4.78 is 0. The number of pyridine rings is 1. The average molecular weight is 200 g/mol. The van der Waals surface area contributed by atoms with Gasteiger partial charge in [0.2, 0.25) is 0 Å². The van der Waals surface area contributed by atoms with Crippen molar-refractivity contribution in [3.05, 3.63) is 42.1 Å². The molecule has 0 aliphatic heterocycles. The average Bonchev–Trinajstić information content (AvgIpc) is 2.27. The van der Waals surface area contributed by atoms with Crippen LogP contribution in [0.25, 0.3) is 10.9 Å². The molecule has 78 valence electrons. The zero-order valence-corrected chi connectivity index (χ0v) is 9.14. The molecule has 1 atom stereocenters. The van der Waals surface area contributed by atoms with Crippen molar-refractivity contribution in [3.63, 3.8) is 0 Å². The molecule has 0 fully saturated rings.